The Bertz CT molecular complexity index is 991. The highest BCUT2D eigenvalue weighted by molar-refractivity contribution is 7.99. The second-order valence-electron chi connectivity index (χ2n) is 8.10. The molecule has 7 heteroatoms. The summed E-state index contributed by atoms with van der Waals surface area (Å²) in [6.45, 7) is 6.81. The molecule has 6 nitrogen and oxygen atoms in total. The maximum Gasteiger partial charge on any atom is 0.235 e. The van der Waals surface area contributed by atoms with Gasteiger partial charge in [-0.2, -0.15) is 5.26 Å². The Balaban J connectivity index is 2.24. The number of hydrogen-bond acceptors (Lipinski definition) is 4. The van der Waals surface area contributed by atoms with E-state index in [1.165, 1.54) is 0 Å². The van der Waals surface area contributed by atoms with E-state index < -0.39 is 10.3 Å². The Labute approximate surface area is 180 Å². The molecule has 0 radical (unpaired) electrons. The number of rotatable bonds is 8. The summed E-state index contributed by atoms with van der Waals surface area (Å²) in [6, 6.07) is 13.0. The van der Waals surface area contributed by atoms with Gasteiger partial charge < -0.3 is 4.90 Å². The number of thiol groups is 1. The first-order valence-corrected chi connectivity index (χ1v) is 11.8. The SMILES string of the molecule is CCc1cc(C#N)cc(C(C)C)c1CC(=O)N[SH](N)(=O)c1ccc(CN(C)C)cc1. The molecule has 2 rings (SSSR count). The number of amides is 1. The van der Waals surface area contributed by atoms with Crippen molar-refractivity contribution in [3.8, 4) is 6.07 Å². The lowest BCUT2D eigenvalue weighted by Gasteiger charge is -2.23. The lowest BCUT2D eigenvalue weighted by molar-refractivity contribution is -0.118. The fourth-order valence-electron chi connectivity index (χ4n) is 3.51. The lowest BCUT2D eigenvalue weighted by atomic mass is 9.88. The van der Waals surface area contributed by atoms with Gasteiger partial charge in [0, 0.05) is 21.7 Å². The molecular formula is C23H32N4O2S. The van der Waals surface area contributed by atoms with Crippen LogP contribution in [0, 0.1) is 11.3 Å². The van der Waals surface area contributed by atoms with Crippen molar-refractivity contribution in [2.75, 3.05) is 14.1 Å². The fraction of sp³-hybridized carbons (Fsp3) is 0.391. The minimum atomic E-state index is -3.54. The molecule has 0 aliphatic heterocycles. The number of benzene rings is 2. The lowest BCUT2D eigenvalue weighted by Crippen LogP contribution is -2.43. The zero-order chi connectivity index (χ0) is 22.5. The molecule has 0 bridgehead atoms. The monoisotopic (exact) mass is 428 g/mol. The van der Waals surface area contributed by atoms with Crippen LogP contribution in [0.25, 0.3) is 0 Å². The number of nitrogens with two attached hydrogens (primary N) is 1. The maximum absolute atomic E-state index is 13.0. The van der Waals surface area contributed by atoms with Gasteiger partial charge in [-0.05, 0) is 73.0 Å². The van der Waals surface area contributed by atoms with Crippen molar-refractivity contribution >= 4 is 16.2 Å². The van der Waals surface area contributed by atoms with E-state index in [0.29, 0.717) is 16.9 Å². The second-order valence-corrected chi connectivity index (χ2v) is 10.2. The third-order valence-corrected chi connectivity index (χ3v) is 6.60. The summed E-state index contributed by atoms with van der Waals surface area (Å²) in [6.07, 6.45) is 0.772. The molecule has 1 amide bonds. The number of carbonyl (C=O) groups is 1. The number of nitriles is 1. The van der Waals surface area contributed by atoms with Crippen LogP contribution < -0.4 is 9.86 Å². The molecule has 0 saturated carbocycles. The normalized spacial score (nSPS) is 12.1. The molecule has 0 heterocycles. The predicted octanol–water partition coefficient (Wildman–Crippen LogP) is 2.83. The van der Waals surface area contributed by atoms with Crippen molar-refractivity contribution in [3.63, 3.8) is 0 Å². The van der Waals surface area contributed by atoms with Crippen LogP contribution in [0.15, 0.2) is 41.3 Å². The van der Waals surface area contributed by atoms with Gasteiger partial charge in [0.2, 0.25) is 5.91 Å². The molecule has 0 aromatic heterocycles. The summed E-state index contributed by atoms with van der Waals surface area (Å²) >= 11 is 0. The summed E-state index contributed by atoms with van der Waals surface area (Å²) in [5.41, 5.74) is 4.45. The van der Waals surface area contributed by atoms with Gasteiger partial charge >= 0.3 is 0 Å². The van der Waals surface area contributed by atoms with Crippen LogP contribution >= 0.6 is 0 Å². The quantitative estimate of drug-likeness (QED) is 0.563. The van der Waals surface area contributed by atoms with Gasteiger partial charge in [-0.3, -0.25) is 14.7 Å². The van der Waals surface area contributed by atoms with Crippen molar-refractivity contribution in [2.45, 2.75) is 51.0 Å². The Morgan fingerprint density at radius 2 is 1.87 bits per heavy atom. The zero-order valence-corrected chi connectivity index (χ0v) is 19.3. The van der Waals surface area contributed by atoms with Crippen molar-refractivity contribution < 1.29 is 9.00 Å². The van der Waals surface area contributed by atoms with Crippen LogP contribution in [0.2, 0.25) is 0 Å². The van der Waals surface area contributed by atoms with Gasteiger partial charge in [0.05, 0.1) is 18.1 Å². The summed E-state index contributed by atoms with van der Waals surface area (Å²) in [7, 11) is 0.411. The van der Waals surface area contributed by atoms with Crippen LogP contribution in [0.5, 0.6) is 0 Å². The first-order valence-electron chi connectivity index (χ1n) is 10.1. The molecule has 162 valence electrons. The standard InChI is InChI=1S/C23H32N4O2S/c1-6-19-11-18(14-24)12-21(16(2)3)22(19)13-23(28)26-30(25,29)20-9-7-17(8-10-20)15-27(4)5/h7-12,16,30H,6,13,15H2,1-5H3,(H3,25,26,28,29). The van der Waals surface area contributed by atoms with E-state index >= 15 is 0 Å². The minimum absolute atomic E-state index is 0.0717. The van der Waals surface area contributed by atoms with Crippen LogP contribution in [0.1, 0.15) is 54.5 Å². The first-order chi connectivity index (χ1) is 14.1. The molecule has 2 aromatic carbocycles. The molecule has 0 unspecified atom stereocenters. The highest BCUT2D eigenvalue weighted by Crippen LogP contribution is 2.26. The van der Waals surface area contributed by atoms with Gasteiger partial charge in [-0.1, -0.05) is 32.9 Å². The minimum Gasteiger partial charge on any atom is -0.305 e. The first kappa shape index (κ1) is 23.7. The molecule has 2 aromatic rings. The number of aryl methyl sites for hydroxylation is 1. The number of hydrogen-bond donors (Lipinski definition) is 3. The average Bonchev–Trinajstić information content (AvgIpc) is 2.67. The molecule has 0 aliphatic carbocycles. The van der Waals surface area contributed by atoms with Crippen molar-refractivity contribution in [1.29, 1.82) is 5.26 Å². The van der Waals surface area contributed by atoms with Gasteiger partial charge in [0.1, 0.15) is 0 Å². The zero-order valence-electron chi connectivity index (χ0n) is 18.4. The largest absolute Gasteiger partial charge is 0.305 e. The molecule has 3 N–H and O–H groups in total. The summed E-state index contributed by atoms with van der Waals surface area (Å²) in [5, 5.41) is 15.3. The molecular weight excluding hydrogens is 396 g/mol. The van der Waals surface area contributed by atoms with E-state index in [4.69, 9.17) is 5.14 Å². The summed E-state index contributed by atoms with van der Waals surface area (Å²) < 4.78 is 15.6. The highest BCUT2D eigenvalue weighted by atomic mass is 32.3. The van der Waals surface area contributed by atoms with Crippen molar-refractivity contribution in [2.24, 2.45) is 5.14 Å². The molecule has 0 aliphatic rings. The molecule has 30 heavy (non-hydrogen) atoms. The van der Waals surface area contributed by atoms with Crippen molar-refractivity contribution in [1.82, 2.24) is 9.62 Å². The van der Waals surface area contributed by atoms with E-state index in [1.54, 1.807) is 12.1 Å². The van der Waals surface area contributed by atoms with Crippen LogP contribution in [-0.2, 0) is 34.5 Å². The number of carbonyl (C=O) groups excluding carboxylic acids is 1. The van der Waals surface area contributed by atoms with E-state index in [2.05, 4.69) is 10.8 Å². The van der Waals surface area contributed by atoms with Crippen LogP contribution in [-0.4, -0.2) is 29.1 Å². The third kappa shape index (κ3) is 5.99. The van der Waals surface area contributed by atoms with Crippen LogP contribution in [0.4, 0.5) is 0 Å². The molecule has 0 fully saturated rings. The molecule has 0 spiro atoms. The highest BCUT2D eigenvalue weighted by Gasteiger charge is 2.20. The summed E-state index contributed by atoms with van der Waals surface area (Å²) in [4.78, 5) is 15.2. The topological polar surface area (TPSA) is 99.2 Å². The third-order valence-electron chi connectivity index (χ3n) is 4.96. The van der Waals surface area contributed by atoms with Gasteiger partial charge in [0.15, 0.2) is 0 Å². The predicted molar refractivity (Wildman–Crippen MR) is 122 cm³/mol. The number of nitrogens with zero attached hydrogens (tertiary/aromatic N) is 2. The maximum atomic E-state index is 13.0. The molecule has 0 saturated heterocycles. The Kier molecular flexibility index (Phi) is 7.90. The smallest absolute Gasteiger partial charge is 0.235 e. The fourth-order valence-corrected chi connectivity index (χ4v) is 4.68. The van der Waals surface area contributed by atoms with Gasteiger partial charge in [-0.25, -0.2) is 4.21 Å². The summed E-state index contributed by atoms with van der Waals surface area (Å²) in [5.74, 6) is -0.236. The molecule has 0 atom stereocenters. The Hall–Kier alpha value is -2.53. The number of nitrogens with one attached hydrogen (secondary N) is 1. The van der Waals surface area contributed by atoms with Crippen LogP contribution in [0.3, 0.4) is 0 Å². The van der Waals surface area contributed by atoms with Crippen molar-refractivity contribution in [3.05, 3.63) is 64.2 Å². The Morgan fingerprint density at radius 1 is 1.23 bits per heavy atom. The van der Waals surface area contributed by atoms with E-state index in [9.17, 15) is 14.3 Å². The second kappa shape index (κ2) is 9.98. The average molecular weight is 429 g/mol. The van der Waals surface area contributed by atoms with E-state index in [-0.39, 0.29) is 18.2 Å². The van der Waals surface area contributed by atoms with E-state index in [0.717, 1.165) is 28.8 Å². The Morgan fingerprint density at radius 3 is 2.37 bits per heavy atom. The van der Waals surface area contributed by atoms with Gasteiger partial charge in [-0.15, -0.1) is 0 Å². The van der Waals surface area contributed by atoms with E-state index in [1.807, 2.05) is 64.0 Å². The van der Waals surface area contributed by atoms with Gasteiger partial charge in [0.25, 0.3) is 0 Å².